The Morgan fingerprint density at radius 1 is 1.18 bits per heavy atom. The molecular formula is C17H20N2O3. The van der Waals surface area contributed by atoms with E-state index < -0.39 is 6.10 Å². The van der Waals surface area contributed by atoms with E-state index in [1.165, 1.54) is 0 Å². The van der Waals surface area contributed by atoms with Gasteiger partial charge in [-0.05, 0) is 56.3 Å². The van der Waals surface area contributed by atoms with E-state index in [0.29, 0.717) is 23.7 Å². The minimum atomic E-state index is -0.626. The Bertz CT molecular complexity index is 626. The van der Waals surface area contributed by atoms with Crippen LogP contribution in [-0.4, -0.2) is 18.6 Å². The van der Waals surface area contributed by atoms with E-state index in [2.05, 4.69) is 5.32 Å². The molecule has 0 aliphatic rings. The number of carbonyl (C=O) groups is 1. The first-order chi connectivity index (χ1) is 10.6. The molecule has 0 radical (unpaired) electrons. The molecule has 3 N–H and O–H groups in total. The summed E-state index contributed by atoms with van der Waals surface area (Å²) in [5.41, 5.74) is 6.92. The van der Waals surface area contributed by atoms with Crippen LogP contribution in [0.3, 0.4) is 0 Å². The number of ether oxygens (including phenoxy) is 2. The highest BCUT2D eigenvalue weighted by Crippen LogP contribution is 2.19. The molecule has 5 heteroatoms. The lowest BCUT2D eigenvalue weighted by atomic mass is 10.2. The van der Waals surface area contributed by atoms with Crippen molar-refractivity contribution in [3.8, 4) is 11.5 Å². The maximum Gasteiger partial charge on any atom is 0.265 e. The zero-order valence-electron chi connectivity index (χ0n) is 12.7. The van der Waals surface area contributed by atoms with Gasteiger partial charge in [0, 0.05) is 11.4 Å². The highest BCUT2D eigenvalue weighted by molar-refractivity contribution is 5.94. The van der Waals surface area contributed by atoms with Crippen LogP contribution in [0.25, 0.3) is 0 Å². The van der Waals surface area contributed by atoms with E-state index in [1.54, 1.807) is 55.5 Å². The Kier molecular flexibility index (Phi) is 5.25. The molecule has 2 aromatic carbocycles. The molecule has 0 spiro atoms. The van der Waals surface area contributed by atoms with Crippen LogP contribution in [0.4, 0.5) is 11.4 Å². The second-order valence-corrected chi connectivity index (χ2v) is 4.78. The summed E-state index contributed by atoms with van der Waals surface area (Å²) in [5.74, 6) is 1.14. The quantitative estimate of drug-likeness (QED) is 0.804. The van der Waals surface area contributed by atoms with Crippen LogP contribution in [0.15, 0.2) is 48.5 Å². The average molecular weight is 300 g/mol. The Labute approximate surface area is 130 Å². The van der Waals surface area contributed by atoms with Crippen LogP contribution < -0.4 is 20.5 Å². The number of nitrogen functional groups attached to an aromatic ring is 1. The molecule has 0 aliphatic heterocycles. The maximum absolute atomic E-state index is 12.1. The molecule has 0 fully saturated rings. The predicted octanol–water partition coefficient (Wildman–Crippen LogP) is 3.07. The topological polar surface area (TPSA) is 73.6 Å². The molecule has 5 nitrogen and oxygen atoms in total. The van der Waals surface area contributed by atoms with Gasteiger partial charge >= 0.3 is 0 Å². The highest BCUT2D eigenvalue weighted by atomic mass is 16.5. The van der Waals surface area contributed by atoms with Crippen LogP contribution in [0.2, 0.25) is 0 Å². The van der Waals surface area contributed by atoms with Crippen LogP contribution in [0.5, 0.6) is 11.5 Å². The number of hydrogen-bond acceptors (Lipinski definition) is 4. The first-order valence-corrected chi connectivity index (χ1v) is 7.14. The van der Waals surface area contributed by atoms with Gasteiger partial charge in [0.1, 0.15) is 11.5 Å². The third-order valence-corrected chi connectivity index (χ3v) is 2.97. The summed E-state index contributed by atoms with van der Waals surface area (Å²) in [4.78, 5) is 12.1. The Hall–Kier alpha value is -2.69. The van der Waals surface area contributed by atoms with Crippen LogP contribution >= 0.6 is 0 Å². The normalized spacial score (nSPS) is 11.5. The van der Waals surface area contributed by atoms with E-state index in [4.69, 9.17) is 15.2 Å². The van der Waals surface area contributed by atoms with Crippen molar-refractivity contribution in [1.82, 2.24) is 0 Å². The molecular weight excluding hydrogens is 280 g/mol. The fourth-order valence-corrected chi connectivity index (χ4v) is 1.90. The van der Waals surface area contributed by atoms with Crippen molar-refractivity contribution in [3.05, 3.63) is 48.5 Å². The van der Waals surface area contributed by atoms with Gasteiger partial charge in [-0.1, -0.05) is 6.07 Å². The summed E-state index contributed by atoms with van der Waals surface area (Å²) in [7, 11) is 0. The molecule has 1 atom stereocenters. The van der Waals surface area contributed by atoms with Gasteiger partial charge in [-0.25, -0.2) is 0 Å². The molecule has 1 amide bonds. The molecule has 2 rings (SSSR count). The van der Waals surface area contributed by atoms with Crippen molar-refractivity contribution < 1.29 is 14.3 Å². The largest absolute Gasteiger partial charge is 0.494 e. The number of nitrogens with one attached hydrogen (secondary N) is 1. The number of hydrogen-bond donors (Lipinski definition) is 2. The Morgan fingerprint density at radius 2 is 1.86 bits per heavy atom. The van der Waals surface area contributed by atoms with E-state index in [-0.39, 0.29) is 5.91 Å². The monoisotopic (exact) mass is 300 g/mol. The Morgan fingerprint density at radius 3 is 2.50 bits per heavy atom. The molecule has 0 aromatic heterocycles. The van der Waals surface area contributed by atoms with Crippen molar-refractivity contribution in [2.24, 2.45) is 0 Å². The molecule has 0 aliphatic carbocycles. The zero-order chi connectivity index (χ0) is 15.9. The minimum Gasteiger partial charge on any atom is -0.494 e. The summed E-state index contributed by atoms with van der Waals surface area (Å²) in [5, 5.41) is 2.77. The van der Waals surface area contributed by atoms with Gasteiger partial charge in [0.15, 0.2) is 6.10 Å². The number of anilines is 2. The molecule has 0 saturated heterocycles. The number of nitrogens with two attached hydrogens (primary N) is 1. The first kappa shape index (κ1) is 15.7. The van der Waals surface area contributed by atoms with Gasteiger partial charge in [0.05, 0.1) is 6.61 Å². The molecule has 2 aromatic rings. The lowest BCUT2D eigenvalue weighted by Crippen LogP contribution is -2.30. The van der Waals surface area contributed by atoms with E-state index in [9.17, 15) is 4.79 Å². The Balaban J connectivity index is 1.93. The summed E-state index contributed by atoms with van der Waals surface area (Å²) in [6, 6.07) is 14.2. The molecule has 1 unspecified atom stereocenters. The van der Waals surface area contributed by atoms with Crippen molar-refractivity contribution in [2.75, 3.05) is 17.7 Å². The lowest BCUT2D eigenvalue weighted by molar-refractivity contribution is -0.122. The second-order valence-electron chi connectivity index (χ2n) is 4.78. The number of benzene rings is 2. The summed E-state index contributed by atoms with van der Waals surface area (Å²) < 4.78 is 11.0. The van der Waals surface area contributed by atoms with Gasteiger partial charge in [0.25, 0.3) is 5.91 Å². The lowest BCUT2D eigenvalue weighted by Gasteiger charge is -2.15. The minimum absolute atomic E-state index is 0.237. The van der Waals surface area contributed by atoms with Crippen molar-refractivity contribution in [1.29, 1.82) is 0 Å². The van der Waals surface area contributed by atoms with E-state index in [0.717, 1.165) is 5.75 Å². The van der Waals surface area contributed by atoms with Gasteiger partial charge in [-0.2, -0.15) is 0 Å². The van der Waals surface area contributed by atoms with E-state index >= 15 is 0 Å². The van der Waals surface area contributed by atoms with Gasteiger partial charge in [-0.3, -0.25) is 4.79 Å². The van der Waals surface area contributed by atoms with Gasteiger partial charge in [0.2, 0.25) is 0 Å². The molecule has 0 bridgehead atoms. The SMILES string of the molecule is CCOc1ccc(OC(C)C(=O)Nc2cccc(N)c2)cc1. The van der Waals surface area contributed by atoms with Gasteiger partial charge in [-0.15, -0.1) is 0 Å². The summed E-state index contributed by atoms with van der Waals surface area (Å²) in [6.07, 6.45) is -0.626. The van der Waals surface area contributed by atoms with Crippen LogP contribution in [0.1, 0.15) is 13.8 Å². The van der Waals surface area contributed by atoms with Crippen LogP contribution in [-0.2, 0) is 4.79 Å². The standard InChI is InChI=1S/C17H20N2O3/c1-3-21-15-7-9-16(10-8-15)22-12(2)17(20)19-14-6-4-5-13(18)11-14/h4-12H,3,18H2,1-2H3,(H,19,20). The molecule has 22 heavy (non-hydrogen) atoms. The third kappa shape index (κ3) is 4.41. The summed E-state index contributed by atoms with van der Waals surface area (Å²) >= 11 is 0. The van der Waals surface area contributed by atoms with Crippen LogP contribution in [0, 0.1) is 0 Å². The van der Waals surface area contributed by atoms with Crippen molar-refractivity contribution in [2.45, 2.75) is 20.0 Å². The van der Waals surface area contributed by atoms with E-state index in [1.807, 2.05) is 6.92 Å². The number of carbonyl (C=O) groups excluding carboxylic acids is 1. The van der Waals surface area contributed by atoms with Crippen molar-refractivity contribution >= 4 is 17.3 Å². The fourth-order valence-electron chi connectivity index (χ4n) is 1.90. The molecule has 116 valence electrons. The maximum atomic E-state index is 12.1. The highest BCUT2D eigenvalue weighted by Gasteiger charge is 2.15. The average Bonchev–Trinajstić information content (AvgIpc) is 2.49. The summed E-state index contributed by atoms with van der Waals surface area (Å²) in [6.45, 7) is 4.23. The third-order valence-electron chi connectivity index (χ3n) is 2.97. The smallest absolute Gasteiger partial charge is 0.265 e. The second kappa shape index (κ2) is 7.36. The predicted molar refractivity (Wildman–Crippen MR) is 87.2 cm³/mol. The van der Waals surface area contributed by atoms with Crippen molar-refractivity contribution in [3.63, 3.8) is 0 Å². The molecule has 0 heterocycles. The van der Waals surface area contributed by atoms with Gasteiger partial charge < -0.3 is 20.5 Å². The zero-order valence-corrected chi connectivity index (χ0v) is 12.7. The fraction of sp³-hybridized carbons (Fsp3) is 0.235. The number of amides is 1. The first-order valence-electron chi connectivity index (χ1n) is 7.14. The molecule has 0 saturated carbocycles. The number of rotatable bonds is 6.